The number of hydrogen-bond acceptors (Lipinski definition) is 5. The zero-order valence-electron chi connectivity index (χ0n) is 15.7. The molecule has 152 valence electrons. The molecule has 0 saturated carbocycles. The Labute approximate surface area is 168 Å². The average Bonchev–Trinajstić information content (AvgIpc) is 3.06. The summed E-state index contributed by atoms with van der Waals surface area (Å²) in [5.41, 5.74) is 1.47. The number of nitrogens with zero attached hydrogens (tertiary/aromatic N) is 2. The maximum absolute atomic E-state index is 13.1. The molecule has 8 nitrogen and oxygen atoms in total. The van der Waals surface area contributed by atoms with Crippen LogP contribution in [-0.4, -0.2) is 36.8 Å². The standard InChI is InChI=1S/C20H22N4O4S/c21-29(26,27)16-8-5-6-14(12-16)22-20(25)19-17-9-1-2-10-18(17)23-24(19)13-15-7-3-4-11-28-15/h1-2,5-6,8-10,12,15H,3-4,7,11,13H2,(H,22,25)(H2,21,26,27). The van der Waals surface area contributed by atoms with E-state index in [1.807, 2.05) is 24.3 Å². The lowest BCUT2D eigenvalue weighted by Gasteiger charge is -2.23. The molecular weight excluding hydrogens is 392 g/mol. The van der Waals surface area contributed by atoms with E-state index in [1.54, 1.807) is 10.7 Å². The molecular formula is C20H22N4O4S. The monoisotopic (exact) mass is 414 g/mol. The van der Waals surface area contributed by atoms with E-state index < -0.39 is 10.0 Å². The van der Waals surface area contributed by atoms with E-state index in [0.717, 1.165) is 24.6 Å². The van der Waals surface area contributed by atoms with Crippen molar-refractivity contribution in [3.63, 3.8) is 0 Å². The van der Waals surface area contributed by atoms with Crippen LogP contribution < -0.4 is 10.5 Å². The van der Waals surface area contributed by atoms with Crippen molar-refractivity contribution in [2.45, 2.75) is 36.8 Å². The first kappa shape index (κ1) is 19.6. The number of benzene rings is 2. The van der Waals surface area contributed by atoms with Crippen LogP contribution in [0.4, 0.5) is 5.69 Å². The summed E-state index contributed by atoms with van der Waals surface area (Å²) in [6.07, 6.45) is 3.07. The van der Waals surface area contributed by atoms with Gasteiger partial charge in [0, 0.05) is 17.7 Å². The quantitative estimate of drug-likeness (QED) is 0.665. The Morgan fingerprint density at radius 3 is 2.79 bits per heavy atom. The van der Waals surface area contributed by atoms with Gasteiger partial charge >= 0.3 is 0 Å². The van der Waals surface area contributed by atoms with Crippen LogP contribution >= 0.6 is 0 Å². The van der Waals surface area contributed by atoms with E-state index in [4.69, 9.17) is 9.88 Å². The number of aromatic nitrogens is 2. The lowest BCUT2D eigenvalue weighted by molar-refractivity contribution is 0.00379. The molecule has 1 unspecified atom stereocenters. The summed E-state index contributed by atoms with van der Waals surface area (Å²) in [5.74, 6) is -0.374. The summed E-state index contributed by atoms with van der Waals surface area (Å²) in [6, 6.07) is 13.3. The Morgan fingerprint density at radius 2 is 2.03 bits per heavy atom. The van der Waals surface area contributed by atoms with Crippen LogP contribution in [0, 0.1) is 0 Å². The Morgan fingerprint density at radius 1 is 1.21 bits per heavy atom. The molecule has 0 radical (unpaired) electrons. The number of ether oxygens (including phenoxy) is 1. The van der Waals surface area contributed by atoms with Crippen LogP contribution in [0.3, 0.4) is 0 Å². The lowest BCUT2D eigenvalue weighted by atomic mass is 10.1. The van der Waals surface area contributed by atoms with Crippen molar-refractivity contribution < 1.29 is 17.9 Å². The van der Waals surface area contributed by atoms with Crippen molar-refractivity contribution in [1.29, 1.82) is 0 Å². The maximum atomic E-state index is 13.1. The van der Waals surface area contributed by atoms with Crippen molar-refractivity contribution in [2.75, 3.05) is 11.9 Å². The first-order valence-electron chi connectivity index (χ1n) is 9.43. The van der Waals surface area contributed by atoms with Crippen molar-refractivity contribution in [3.05, 3.63) is 54.2 Å². The molecule has 2 aromatic carbocycles. The number of nitrogens with two attached hydrogens (primary N) is 1. The predicted octanol–water partition coefficient (Wildman–Crippen LogP) is 2.51. The summed E-state index contributed by atoms with van der Waals surface area (Å²) in [4.78, 5) is 13.1. The molecule has 3 N–H and O–H groups in total. The number of sulfonamides is 1. The highest BCUT2D eigenvalue weighted by atomic mass is 32.2. The zero-order valence-corrected chi connectivity index (χ0v) is 16.6. The predicted molar refractivity (Wildman–Crippen MR) is 109 cm³/mol. The second-order valence-corrected chi connectivity index (χ2v) is 8.62. The van der Waals surface area contributed by atoms with Gasteiger partial charge in [-0.2, -0.15) is 5.10 Å². The second kappa shape index (κ2) is 7.94. The molecule has 0 aliphatic carbocycles. The third-order valence-corrected chi connectivity index (χ3v) is 5.84. The highest BCUT2D eigenvalue weighted by Gasteiger charge is 2.23. The number of hydrogen-bond donors (Lipinski definition) is 2. The minimum Gasteiger partial charge on any atom is -0.376 e. The van der Waals surface area contributed by atoms with Gasteiger partial charge in [-0.15, -0.1) is 0 Å². The largest absolute Gasteiger partial charge is 0.376 e. The summed E-state index contributed by atoms with van der Waals surface area (Å²) in [6.45, 7) is 1.20. The fourth-order valence-corrected chi connectivity index (χ4v) is 4.10. The van der Waals surface area contributed by atoms with Crippen LogP contribution in [0.2, 0.25) is 0 Å². The van der Waals surface area contributed by atoms with Crippen LogP contribution in [-0.2, 0) is 21.3 Å². The van der Waals surface area contributed by atoms with Gasteiger partial charge in [-0.05, 0) is 43.5 Å². The fourth-order valence-electron chi connectivity index (χ4n) is 3.54. The van der Waals surface area contributed by atoms with Crippen molar-refractivity contribution in [2.24, 2.45) is 5.14 Å². The normalized spacial score (nSPS) is 17.3. The molecule has 9 heteroatoms. The SMILES string of the molecule is NS(=O)(=O)c1cccc(NC(=O)c2c3ccccc3nn2CC2CCCCO2)c1. The first-order valence-corrected chi connectivity index (χ1v) is 11.0. The number of amides is 1. The third-order valence-electron chi connectivity index (χ3n) is 4.93. The van der Waals surface area contributed by atoms with Gasteiger partial charge in [0.15, 0.2) is 0 Å². The van der Waals surface area contributed by atoms with Gasteiger partial charge in [0.1, 0.15) is 5.69 Å². The molecule has 1 amide bonds. The van der Waals surface area contributed by atoms with Gasteiger partial charge in [0.25, 0.3) is 5.91 Å². The number of nitrogens with one attached hydrogen (secondary N) is 1. The maximum Gasteiger partial charge on any atom is 0.274 e. The number of carbonyl (C=O) groups excluding carboxylic acids is 1. The molecule has 2 heterocycles. The summed E-state index contributed by atoms with van der Waals surface area (Å²) in [7, 11) is -3.86. The molecule has 4 rings (SSSR count). The molecule has 0 bridgehead atoms. The van der Waals surface area contributed by atoms with Crippen LogP contribution in [0.5, 0.6) is 0 Å². The van der Waals surface area contributed by atoms with Crippen LogP contribution in [0.15, 0.2) is 53.4 Å². The minimum atomic E-state index is -3.86. The molecule has 0 spiro atoms. The molecule has 1 saturated heterocycles. The number of carbonyl (C=O) groups is 1. The summed E-state index contributed by atoms with van der Waals surface area (Å²) >= 11 is 0. The molecule has 29 heavy (non-hydrogen) atoms. The highest BCUT2D eigenvalue weighted by Crippen LogP contribution is 2.23. The Bertz CT molecular complexity index is 1150. The van der Waals surface area contributed by atoms with E-state index >= 15 is 0 Å². The van der Waals surface area contributed by atoms with Gasteiger partial charge in [-0.1, -0.05) is 24.3 Å². The molecule has 1 atom stereocenters. The Kier molecular flexibility index (Phi) is 5.35. The van der Waals surface area contributed by atoms with E-state index in [1.165, 1.54) is 18.2 Å². The number of anilines is 1. The second-order valence-electron chi connectivity index (χ2n) is 7.06. The number of fused-ring (bicyclic) bond motifs is 1. The average molecular weight is 414 g/mol. The van der Waals surface area contributed by atoms with Gasteiger partial charge < -0.3 is 10.1 Å². The number of primary sulfonamides is 1. The molecule has 1 fully saturated rings. The first-order chi connectivity index (χ1) is 13.9. The van der Waals surface area contributed by atoms with Crippen molar-refractivity contribution in [1.82, 2.24) is 9.78 Å². The summed E-state index contributed by atoms with van der Waals surface area (Å²) in [5, 5.41) is 13.3. The number of rotatable bonds is 5. The Balaban J connectivity index is 1.67. The minimum absolute atomic E-state index is 0.00956. The van der Waals surface area contributed by atoms with E-state index in [2.05, 4.69) is 10.4 Å². The fraction of sp³-hybridized carbons (Fsp3) is 0.300. The third kappa shape index (κ3) is 4.31. The van der Waals surface area contributed by atoms with Gasteiger partial charge in [0.2, 0.25) is 10.0 Å². The van der Waals surface area contributed by atoms with Crippen molar-refractivity contribution in [3.8, 4) is 0 Å². The molecule has 1 aliphatic heterocycles. The highest BCUT2D eigenvalue weighted by molar-refractivity contribution is 7.89. The Hall–Kier alpha value is -2.75. The lowest BCUT2D eigenvalue weighted by Crippen LogP contribution is -2.28. The van der Waals surface area contributed by atoms with Gasteiger partial charge in [0.05, 0.1) is 23.1 Å². The van der Waals surface area contributed by atoms with Crippen molar-refractivity contribution >= 4 is 32.5 Å². The molecule has 1 aliphatic rings. The van der Waals surface area contributed by atoms with Gasteiger partial charge in [-0.25, -0.2) is 13.6 Å². The van der Waals surface area contributed by atoms with Crippen LogP contribution in [0.25, 0.3) is 10.9 Å². The zero-order chi connectivity index (χ0) is 20.4. The molecule has 1 aromatic heterocycles. The van der Waals surface area contributed by atoms with Crippen LogP contribution in [0.1, 0.15) is 29.8 Å². The molecule has 3 aromatic rings. The topological polar surface area (TPSA) is 116 Å². The van der Waals surface area contributed by atoms with E-state index in [9.17, 15) is 13.2 Å². The van der Waals surface area contributed by atoms with E-state index in [0.29, 0.717) is 30.0 Å². The van der Waals surface area contributed by atoms with Gasteiger partial charge in [-0.3, -0.25) is 9.48 Å². The summed E-state index contributed by atoms with van der Waals surface area (Å²) < 4.78 is 30.7. The van der Waals surface area contributed by atoms with E-state index in [-0.39, 0.29) is 16.9 Å². The smallest absolute Gasteiger partial charge is 0.274 e.